The fraction of sp³-hybridized carbons (Fsp3) is 0.611. The van der Waals surface area contributed by atoms with Crippen LogP contribution in [0.25, 0.3) is 5.32 Å². The molecule has 22 heavy (non-hydrogen) atoms. The Morgan fingerprint density at radius 2 is 1.64 bits per heavy atom. The third kappa shape index (κ3) is 5.43. The summed E-state index contributed by atoms with van der Waals surface area (Å²) in [5.74, 6) is 0.302. The van der Waals surface area contributed by atoms with Gasteiger partial charge in [0.15, 0.2) is 0 Å². The van der Waals surface area contributed by atoms with E-state index >= 15 is 0 Å². The molecule has 0 saturated carbocycles. The number of carbonyl (C=O) groups is 1. The van der Waals surface area contributed by atoms with Crippen molar-refractivity contribution < 1.29 is 37.5 Å². The molecule has 0 unspecified atom stereocenters. The number of likely N-dealkylation sites (tertiary alicyclic amines) is 1. The molecular weight excluding hydrogens is 349 g/mol. The van der Waals surface area contributed by atoms with Gasteiger partial charge in [0.2, 0.25) is 5.91 Å². The van der Waals surface area contributed by atoms with Crippen LogP contribution >= 0.6 is 0 Å². The summed E-state index contributed by atoms with van der Waals surface area (Å²) < 4.78 is 0. The third-order valence-electron chi connectivity index (χ3n) is 4.19. The maximum absolute atomic E-state index is 12.0. The van der Waals surface area contributed by atoms with Gasteiger partial charge in [-0.05, 0) is 0 Å². The summed E-state index contributed by atoms with van der Waals surface area (Å²) in [6, 6.07) is 12.5. The molecule has 0 bridgehead atoms. The first kappa shape index (κ1) is 19.8. The smallest absolute Gasteiger partial charge is 0.227 e. The first-order valence-electron chi connectivity index (χ1n) is 7.77. The standard InChI is InChI=1S/C12H21N2O.C6H5.Y/c1-11(2,3)10(15)14-8-12(9-14)4-6-13-7-5-12;1-2-4-6-5-3-1;/h4-9H2,1-3H3;1-5H;/q2*-1;. The molecule has 0 aromatic heterocycles. The van der Waals surface area contributed by atoms with E-state index in [1.807, 2.05) is 56.0 Å². The van der Waals surface area contributed by atoms with Crippen LogP contribution in [0, 0.1) is 16.9 Å². The molecule has 1 aromatic carbocycles. The van der Waals surface area contributed by atoms with Crippen molar-refractivity contribution in [3.8, 4) is 0 Å². The fourth-order valence-corrected chi connectivity index (χ4v) is 2.91. The van der Waals surface area contributed by atoms with Crippen LogP contribution in [0.4, 0.5) is 0 Å². The molecule has 1 aromatic rings. The van der Waals surface area contributed by atoms with Crippen molar-refractivity contribution >= 4 is 5.91 Å². The molecule has 2 aliphatic heterocycles. The van der Waals surface area contributed by atoms with Gasteiger partial charge in [0.1, 0.15) is 0 Å². The van der Waals surface area contributed by atoms with Gasteiger partial charge in [0.05, 0.1) is 0 Å². The number of piperidine rings is 1. The zero-order chi connectivity index (χ0) is 15.3. The van der Waals surface area contributed by atoms with Crippen molar-refractivity contribution in [1.29, 1.82) is 0 Å². The van der Waals surface area contributed by atoms with Gasteiger partial charge in [-0.3, -0.25) is 4.79 Å². The minimum Gasteiger partial charge on any atom is -0.662 e. The van der Waals surface area contributed by atoms with Gasteiger partial charge >= 0.3 is 0 Å². The Labute approximate surface area is 160 Å². The van der Waals surface area contributed by atoms with E-state index in [1.54, 1.807) is 0 Å². The van der Waals surface area contributed by atoms with E-state index in [0.717, 1.165) is 26.2 Å². The summed E-state index contributed by atoms with van der Waals surface area (Å²) in [5, 5.41) is 4.37. The number of benzene rings is 1. The molecule has 1 radical (unpaired) electrons. The average Bonchev–Trinajstić information content (AvgIpc) is 2.46. The van der Waals surface area contributed by atoms with Gasteiger partial charge in [-0.15, -0.1) is 13.1 Å². The van der Waals surface area contributed by atoms with Crippen LogP contribution in [-0.2, 0) is 37.5 Å². The van der Waals surface area contributed by atoms with Crippen LogP contribution in [0.2, 0.25) is 0 Å². The first-order valence-corrected chi connectivity index (χ1v) is 7.77. The summed E-state index contributed by atoms with van der Waals surface area (Å²) in [5.41, 5.74) is 0.212. The second kappa shape index (κ2) is 8.56. The van der Waals surface area contributed by atoms with Crippen molar-refractivity contribution in [3.63, 3.8) is 0 Å². The summed E-state index contributed by atoms with van der Waals surface area (Å²) >= 11 is 0. The van der Waals surface area contributed by atoms with E-state index in [0.29, 0.717) is 11.3 Å². The average molecular weight is 375 g/mol. The molecule has 119 valence electrons. The van der Waals surface area contributed by atoms with Gasteiger partial charge in [-0.25, -0.2) is 0 Å². The van der Waals surface area contributed by atoms with Gasteiger partial charge < -0.3 is 10.2 Å². The Balaban J connectivity index is 0.000000293. The van der Waals surface area contributed by atoms with Crippen LogP contribution in [-0.4, -0.2) is 37.0 Å². The van der Waals surface area contributed by atoms with E-state index in [9.17, 15) is 4.79 Å². The summed E-state index contributed by atoms with van der Waals surface area (Å²) in [7, 11) is 0. The second-order valence-corrected chi connectivity index (χ2v) is 7.16. The molecule has 2 saturated heterocycles. The summed E-state index contributed by atoms with van der Waals surface area (Å²) in [6.07, 6.45) is 2.36. The molecule has 0 aliphatic carbocycles. The topological polar surface area (TPSA) is 34.4 Å². The second-order valence-electron chi connectivity index (χ2n) is 7.16. The van der Waals surface area contributed by atoms with Crippen LogP contribution in [0.3, 0.4) is 0 Å². The minimum absolute atomic E-state index is 0. The quantitative estimate of drug-likeness (QED) is 0.639. The number of carbonyl (C=O) groups excluding carboxylic acids is 1. The van der Waals surface area contributed by atoms with Gasteiger partial charge in [-0.1, -0.05) is 33.6 Å². The van der Waals surface area contributed by atoms with Crippen molar-refractivity contribution in [2.24, 2.45) is 10.8 Å². The molecule has 2 aliphatic rings. The van der Waals surface area contributed by atoms with Crippen LogP contribution in [0.1, 0.15) is 33.6 Å². The third-order valence-corrected chi connectivity index (χ3v) is 4.19. The normalized spacial score (nSPS) is 19.3. The molecule has 3 nitrogen and oxygen atoms in total. The minimum atomic E-state index is -0.222. The summed E-state index contributed by atoms with van der Waals surface area (Å²) in [6.45, 7) is 9.93. The van der Waals surface area contributed by atoms with E-state index in [-0.39, 0.29) is 38.1 Å². The number of hydrogen-bond acceptors (Lipinski definition) is 1. The van der Waals surface area contributed by atoms with Crippen molar-refractivity contribution in [3.05, 3.63) is 41.7 Å². The molecule has 0 N–H and O–H groups in total. The van der Waals surface area contributed by atoms with Gasteiger partial charge in [-0.2, -0.15) is 36.4 Å². The van der Waals surface area contributed by atoms with E-state index in [4.69, 9.17) is 0 Å². The van der Waals surface area contributed by atoms with Crippen LogP contribution in [0.15, 0.2) is 30.3 Å². The summed E-state index contributed by atoms with van der Waals surface area (Å²) in [4.78, 5) is 14.0. The fourth-order valence-electron chi connectivity index (χ4n) is 2.91. The molecule has 3 rings (SSSR count). The maximum Gasteiger partial charge on any atom is 0.227 e. The molecule has 0 atom stereocenters. The molecule has 2 fully saturated rings. The monoisotopic (exact) mass is 375 g/mol. The molecule has 4 heteroatoms. The van der Waals surface area contributed by atoms with E-state index < -0.39 is 0 Å². The predicted molar refractivity (Wildman–Crippen MR) is 86.1 cm³/mol. The van der Waals surface area contributed by atoms with E-state index in [2.05, 4.69) is 11.4 Å². The Morgan fingerprint density at radius 1 is 1.09 bits per heavy atom. The largest absolute Gasteiger partial charge is 0.662 e. The SMILES string of the molecule is CC(C)(C)C(=O)N1CC2(CC[N-]CC2)C1.[Y].[c-]1ccccc1. The molecule has 1 spiro atoms. The van der Waals surface area contributed by atoms with Crippen LogP contribution in [0.5, 0.6) is 0 Å². The number of amides is 1. The van der Waals surface area contributed by atoms with Crippen molar-refractivity contribution in [2.45, 2.75) is 33.6 Å². The number of rotatable bonds is 0. The van der Waals surface area contributed by atoms with Crippen LogP contribution < -0.4 is 0 Å². The Morgan fingerprint density at radius 3 is 2.00 bits per heavy atom. The van der Waals surface area contributed by atoms with Crippen molar-refractivity contribution in [1.82, 2.24) is 4.90 Å². The zero-order valence-electron chi connectivity index (χ0n) is 14.0. The molecule has 2 heterocycles. The van der Waals surface area contributed by atoms with Gasteiger partial charge in [0.25, 0.3) is 0 Å². The zero-order valence-corrected chi connectivity index (χ0v) is 16.8. The Kier molecular flexibility index (Phi) is 7.71. The van der Waals surface area contributed by atoms with Crippen molar-refractivity contribution in [2.75, 3.05) is 26.2 Å². The number of nitrogens with zero attached hydrogens (tertiary/aromatic N) is 2. The van der Waals surface area contributed by atoms with E-state index in [1.165, 1.54) is 12.8 Å². The molecule has 1 amide bonds. The predicted octanol–water partition coefficient (Wildman–Crippen LogP) is 3.51. The molecular formula is C18H26N2OY-2. The first-order chi connectivity index (χ1) is 9.93. The Hall–Kier alpha value is -0.246. The maximum atomic E-state index is 12.0. The number of hydrogen-bond donors (Lipinski definition) is 0. The van der Waals surface area contributed by atoms with Gasteiger partial charge in [0, 0.05) is 56.6 Å². The Bertz CT molecular complexity index is 415.